The van der Waals surface area contributed by atoms with E-state index in [4.69, 9.17) is 18.9 Å². The lowest BCUT2D eigenvalue weighted by atomic mass is 9.64. The molecule has 10 heteroatoms. The summed E-state index contributed by atoms with van der Waals surface area (Å²) in [5.74, 6) is -3.11. The number of hydrogen-bond donors (Lipinski definition) is 2. The molecule has 10 nitrogen and oxygen atoms in total. The van der Waals surface area contributed by atoms with Crippen LogP contribution in [-0.4, -0.2) is 69.5 Å². The van der Waals surface area contributed by atoms with E-state index in [-0.39, 0.29) is 44.0 Å². The molecule has 10 atom stereocenters. The molecule has 3 saturated heterocycles. The molecular weight excluding hydrogens is 508 g/mol. The van der Waals surface area contributed by atoms with Gasteiger partial charge in [-0.15, -0.1) is 0 Å². The summed E-state index contributed by atoms with van der Waals surface area (Å²) in [6.07, 6.45) is 3.10. The van der Waals surface area contributed by atoms with Crippen molar-refractivity contribution in [2.45, 2.75) is 95.2 Å². The van der Waals surface area contributed by atoms with Gasteiger partial charge in [-0.25, -0.2) is 4.79 Å². The standard InChI is InChI=1S/C29H36O10/c1-14(7-16-8-15(2)25(34)36-16)24(33)26(3)11-22(32)37-23-17-5-6-19-27(4,13-30)38-20-9-21(31)39-29(19,20)12-28(17,35)10-18(23)26/h7-8,14,17-20,23,30,35H,5-6,9-13H2,1-4H3/b16-7+/t14-,17-,18+,19+,20-,23-,26-,27+,28+,29-/m1/s1. The van der Waals surface area contributed by atoms with Crippen molar-refractivity contribution in [2.24, 2.45) is 29.1 Å². The molecule has 2 N–H and O–H groups in total. The zero-order valence-electron chi connectivity index (χ0n) is 22.7. The Balaban J connectivity index is 1.33. The number of ketones is 1. The molecule has 6 aliphatic rings. The van der Waals surface area contributed by atoms with Gasteiger partial charge in [0.25, 0.3) is 0 Å². The van der Waals surface area contributed by atoms with E-state index in [1.54, 1.807) is 32.9 Å². The molecule has 4 heterocycles. The first-order valence-corrected chi connectivity index (χ1v) is 13.8. The van der Waals surface area contributed by atoms with Crippen molar-refractivity contribution in [1.29, 1.82) is 0 Å². The molecule has 0 aromatic carbocycles. The molecule has 0 aromatic heterocycles. The van der Waals surface area contributed by atoms with Crippen LogP contribution < -0.4 is 0 Å². The van der Waals surface area contributed by atoms with Gasteiger partial charge in [0.05, 0.1) is 30.7 Å². The smallest absolute Gasteiger partial charge is 0.339 e. The average molecular weight is 545 g/mol. The first-order valence-electron chi connectivity index (χ1n) is 13.8. The van der Waals surface area contributed by atoms with E-state index in [9.17, 15) is 29.4 Å². The Bertz CT molecular complexity index is 1220. The molecule has 39 heavy (non-hydrogen) atoms. The molecule has 5 fully saturated rings. The maximum Gasteiger partial charge on any atom is 0.339 e. The fraction of sp³-hybridized carbons (Fsp3) is 0.724. The third-order valence-electron chi connectivity index (χ3n) is 10.5. The quantitative estimate of drug-likeness (QED) is 0.397. The molecule has 0 unspecified atom stereocenters. The summed E-state index contributed by atoms with van der Waals surface area (Å²) in [4.78, 5) is 51.1. The van der Waals surface area contributed by atoms with Gasteiger partial charge >= 0.3 is 17.9 Å². The van der Waals surface area contributed by atoms with E-state index in [0.29, 0.717) is 24.2 Å². The molecule has 0 aromatic rings. The van der Waals surface area contributed by atoms with Crippen molar-refractivity contribution in [3.05, 3.63) is 23.5 Å². The van der Waals surface area contributed by atoms with Gasteiger partial charge < -0.3 is 29.2 Å². The molecule has 2 saturated carbocycles. The molecule has 2 aliphatic carbocycles. The van der Waals surface area contributed by atoms with E-state index in [2.05, 4.69) is 0 Å². The monoisotopic (exact) mass is 544 g/mol. The Labute approximate surface area is 226 Å². The summed E-state index contributed by atoms with van der Waals surface area (Å²) in [7, 11) is 0. The van der Waals surface area contributed by atoms with Crippen LogP contribution in [0.25, 0.3) is 0 Å². The predicted molar refractivity (Wildman–Crippen MR) is 132 cm³/mol. The zero-order chi connectivity index (χ0) is 28.1. The van der Waals surface area contributed by atoms with Gasteiger partial charge in [0.1, 0.15) is 29.4 Å². The largest absolute Gasteiger partial charge is 0.462 e. The number of hydrogen-bond acceptors (Lipinski definition) is 10. The summed E-state index contributed by atoms with van der Waals surface area (Å²) < 4.78 is 23.3. The van der Waals surface area contributed by atoms with Crippen molar-refractivity contribution in [3.8, 4) is 0 Å². The number of aliphatic hydroxyl groups excluding tert-OH is 1. The van der Waals surface area contributed by atoms with Crippen molar-refractivity contribution < 1.29 is 48.3 Å². The maximum atomic E-state index is 14.0. The van der Waals surface area contributed by atoms with Gasteiger partial charge in [-0.3, -0.25) is 14.4 Å². The fourth-order valence-corrected chi connectivity index (χ4v) is 8.73. The van der Waals surface area contributed by atoms with E-state index in [0.717, 1.165) is 0 Å². The Hall–Kier alpha value is -2.56. The summed E-state index contributed by atoms with van der Waals surface area (Å²) >= 11 is 0. The van der Waals surface area contributed by atoms with Crippen LogP contribution in [0.2, 0.25) is 0 Å². The van der Waals surface area contributed by atoms with Crippen LogP contribution in [0.4, 0.5) is 0 Å². The number of aliphatic hydroxyl groups is 2. The van der Waals surface area contributed by atoms with Gasteiger partial charge in [-0.2, -0.15) is 0 Å². The van der Waals surface area contributed by atoms with Gasteiger partial charge in [0.2, 0.25) is 0 Å². The van der Waals surface area contributed by atoms with Crippen molar-refractivity contribution in [1.82, 2.24) is 0 Å². The van der Waals surface area contributed by atoms with Crippen molar-refractivity contribution >= 4 is 23.7 Å². The summed E-state index contributed by atoms with van der Waals surface area (Å²) in [6.45, 7) is 6.67. The van der Waals surface area contributed by atoms with Gasteiger partial charge in [-0.1, -0.05) is 13.8 Å². The molecule has 0 bridgehead atoms. The summed E-state index contributed by atoms with van der Waals surface area (Å²) in [5, 5.41) is 22.5. The van der Waals surface area contributed by atoms with Crippen LogP contribution >= 0.6 is 0 Å². The highest BCUT2D eigenvalue weighted by atomic mass is 16.6. The molecule has 1 spiro atoms. The second kappa shape index (κ2) is 8.47. The van der Waals surface area contributed by atoms with Crippen LogP contribution in [-0.2, 0) is 38.1 Å². The highest BCUT2D eigenvalue weighted by molar-refractivity contribution is 5.94. The lowest BCUT2D eigenvalue weighted by Gasteiger charge is -2.43. The number of carbonyl (C=O) groups excluding carboxylic acids is 4. The average Bonchev–Trinajstić information content (AvgIpc) is 3.46. The van der Waals surface area contributed by atoms with Gasteiger partial charge in [-0.05, 0) is 45.3 Å². The van der Waals surface area contributed by atoms with Crippen LogP contribution in [0.15, 0.2) is 23.5 Å². The number of carbonyl (C=O) groups is 4. The first kappa shape index (κ1) is 26.7. The minimum absolute atomic E-state index is 0.0511. The van der Waals surface area contributed by atoms with E-state index < -0.39 is 70.1 Å². The van der Waals surface area contributed by atoms with E-state index >= 15 is 0 Å². The number of esters is 3. The summed E-state index contributed by atoms with van der Waals surface area (Å²) in [5.41, 5.74) is -4.06. The maximum absolute atomic E-state index is 14.0. The van der Waals surface area contributed by atoms with Gasteiger partial charge in [0, 0.05) is 41.1 Å². The number of cyclic esters (lactones) is 1. The molecule has 4 aliphatic heterocycles. The zero-order valence-corrected chi connectivity index (χ0v) is 22.7. The van der Waals surface area contributed by atoms with E-state index in [1.165, 1.54) is 0 Å². The third kappa shape index (κ3) is 3.70. The predicted octanol–water partition coefficient (Wildman–Crippen LogP) is 1.90. The third-order valence-corrected chi connectivity index (χ3v) is 10.5. The Morgan fingerprint density at radius 3 is 2.59 bits per heavy atom. The number of Topliss-reactive ketones (excluding diaryl/α,β-unsaturated/α-hetero) is 1. The Kier molecular flexibility index (Phi) is 5.79. The number of rotatable bonds is 4. The summed E-state index contributed by atoms with van der Waals surface area (Å²) in [6, 6.07) is 0. The Morgan fingerprint density at radius 1 is 1.18 bits per heavy atom. The van der Waals surface area contributed by atoms with E-state index in [1.807, 2.05) is 6.92 Å². The first-order chi connectivity index (χ1) is 18.2. The highest BCUT2D eigenvalue weighted by Gasteiger charge is 2.74. The number of ether oxygens (including phenoxy) is 4. The molecule has 0 radical (unpaired) electrons. The molecule has 0 amide bonds. The second-order valence-corrected chi connectivity index (χ2v) is 13.0. The van der Waals surface area contributed by atoms with Gasteiger partial charge in [0.15, 0.2) is 0 Å². The van der Waals surface area contributed by atoms with Crippen LogP contribution in [0, 0.1) is 29.1 Å². The highest BCUT2D eigenvalue weighted by Crippen LogP contribution is 2.64. The minimum Gasteiger partial charge on any atom is -0.462 e. The van der Waals surface area contributed by atoms with Crippen LogP contribution in [0.5, 0.6) is 0 Å². The van der Waals surface area contributed by atoms with Crippen LogP contribution in [0.1, 0.15) is 66.2 Å². The number of allylic oxidation sites excluding steroid dienone is 2. The lowest BCUT2D eigenvalue weighted by molar-refractivity contribution is -0.177. The second-order valence-electron chi connectivity index (χ2n) is 13.0. The fourth-order valence-electron chi connectivity index (χ4n) is 8.73. The lowest BCUT2D eigenvalue weighted by Crippen LogP contribution is -2.51. The normalized spacial score (nSPS) is 48.3. The van der Waals surface area contributed by atoms with Crippen molar-refractivity contribution in [3.63, 3.8) is 0 Å². The molecular formula is C29H36O10. The van der Waals surface area contributed by atoms with Crippen molar-refractivity contribution in [2.75, 3.05) is 6.61 Å². The SMILES string of the molecule is CC1=C/C(=C\[C@@H](C)C(=O)[C@]2(C)CC(=O)O[C@@H]3[C@H]4CC[C@@H]5[C@@]6(C[C@@]4(O)C[C@@H]32)OC(=O)C[C@H]6O[C@@]5(C)CO)OC1=O. The number of fused-ring (bicyclic) bond motifs is 3. The topological polar surface area (TPSA) is 146 Å². The molecule has 6 rings (SSSR count). The molecule has 212 valence electrons. The van der Waals surface area contributed by atoms with Crippen LogP contribution in [0.3, 0.4) is 0 Å². The minimum atomic E-state index is -1.37. The Morgan fingerprint density at radius 2 is 1.92 bits per heavy atom.